The SMILES string of the molecule is NCC1(c2c(O)ccc3ccc(O)cc23)CCCC1. The van der Waals surface area contributed by atoms with Crippen molar-refractivity contribution in [2.45, 2.75) is 31.1 Å². The average Bonchev–Trinajstić information content (AvgIpc) is 2.88. The van der Waals surface area contributed by atoms with Crippen LogP contribution in [0.2, 0.25) is 0 Å². The highest BCUT2D eigenvalue weighted by Crippen LogP contribution is 2.47. The topological polar surface area (TPSA) is 66.5 Å². The zero-order valence-electron chi connectivity index (χ0n) is 10.9. The summed E-state index contributed by atoms with van der Waals surface area (Å²) in [4.78, 5) is 0. The van der Waals surface area contributed by atoms with Crippen molar-refractivity contribution in [2.75, 3.05) is 6.54 Å². The van der Waals surface area contributed by atoms with E-state index in [-0.39, 0.29) is 11.2 Å². The molecule has 19 heavy (non-hydrogen) atoms. The molecule has 0 saturated heterocycles. The molecule has 0 bridgehead atoms. The minimum atomic E-state index is -0.141. The van der Waals surface area contributed by atoms with Crippen LogP contribution >= 0.6 is 0 Å². The molecule has 0 unspecified atom stereocenters. The smallest absolute Gasteiger partial charge is 0.120 e. The second-order valence-corrected chi connectivity index (χ2v) is 5.56. The van der Waals surface area contributed by atoms with Crippen molar-refractivity contribution in [3.63, 3.8) is 0 Å². The number of hydrogen-bond donors (Lipinski definition) is 3. The fourth-order valence-corrected chi connectivity index (χ4v) is 3.46. The quantitative estimate of drug-likeness (QED) is 0.774. The van der Waals surface area contributed by atoms with Crippen LogP contribution in [0.1, 0.15) is 31.2 Å². The lowest BCUT2D eigenvalue weighted by atomic mass is 9.76. The van der Waals surface area contributed by atoms with Crippen LogP contribution in [-0.4, -0.2) is 16.8 Å². The summed E-state index contributed by atoms with van der Waals surface area (Å²) in [6.45, 7) is 0.537. The summed E-state index contributed by atoms with van der Waals surface area (Å²) in [6, 6.07) is 8.91. The Morgan fingerprint density at radius 3 is 2.42 bits per heavy atom. The molecule has 0 spiro atoms. The number of aromatic hydroxyl groups is 2. The van der Waals surface area contributed by atoms with E-state index in [1.54, 1.807) is 18.2 Å². The van der Waals surface area contributed by atoms with Gasteiger partial charge in [0.25, 0.3) is 0 Å². The highest BCUT2D eigenvalue weighted by molar-refractivity contribution is 5.90. The fourth-order valence-electron chi connectivity index (χ4n) is 3.46. The predicted octanol–water partition coefficient (Wildman–Crippen LogP) is 3.02. The first-order chi connectivity index (χ1) is 9.16. The lowest BCUT2D eigenvalue weighted by Crippen LogP contribution is -2.32. The van der Waals surface area contributed by atoms with Gasteiger partial charge in [-0.15, -0.1) is 0 Å². The molecule has 0 aliphatic heterocycles. The van der Waals surface area contributed by atoms with Crippen LogP contribution in [0.4, 0.5) is 0 Å². The third kappa shape index (κ3) is 1.85. The monoisotopic (exact) mass is 257 g/mol. The van der Waals surface area contributed by atoms with Gasteiger partial charge >= 0.3 is 0 Å². The van der Waals surface area contributed by atoms with Crippen molar-refractivity contribution in [1.82, 2.24) is 0 Å². The molecule has 3 heteroatoms. The van der Waals surface area contributed by atoms with E-state index in [9.17, 15) is 10.2 Å². The third-order valence-electron chi connectivity index (χ3n) is 4.46. The molecular formula is C16H19NO2. The summed E-state index contributed by atoms with van der Waals surface area (Å²) < 4.78 is 0. The summed E-state index contributed by atoms with van der Waals surface area (Å²) in [6.07, 6.45) is 4.30. The molecule has 4 N–H and O–H groups in total. The van der Waals surface area contributed by atoms with Gasteiger partial charge in [0.2, 0.25) is 0 Å². The molecular weight excluding hydrogens is 238 g/mol. The van der Waals surface area contributed by atoms with E-state index in [0.717, 1.165) is 42.0 Å². The van der Waals surface area contributed by atoms with E-state index in [2.05, 4.69) is 0 Å². The summed E-state index contributed by atoms with van der Waals surface area (Å²) in [5.74, 6) is 0.523. The van der Waals surface area contributed by atoms with Gasteiger partial charge in [-0.2, -0.15) is 0 Å². The normalized spacial score (nSPS) is 17.9. The Labute approximate surface area is 112 Å². The summed E-state index contributed by atoms with van der Waals surface area (Å²) in [5.41, 5.74) is 6.80. The van der Waals surface area contributed by atoms with Crippen LogP contribution in [0.3, 0.4) is 0 Å². The van der Waals surface area contributed by atoms with Gasteiger partial charge in [-0.25, -0.2) is 0 Å². The molecule has 0 radical (unpaired) electrons. The molecule has 0 atom stereocenters. The Balaban J connectivity index is 2.32. The van der Waals surface area contributed by atoms with Crippen molar-refractivity contribution < 1.29 is 10.2 Å². The standard InChI is InChI=1S/C16H19NO2/c17-10-16(7-1-2-8-16)15-13-9-12(18)5-3-11(13)4-6-14(15)19/h3-6,9,18-19H,1-2,7-8,10,17H2. The van der Waals surface area contributed by atoms with Crippen LogP contribution in [0.5, 0.6) is 11.5 Å². The van der Waals surface area contributed by atoms with E-state index in [4.69, 9.17) is 5.73 Å². The van der Waals surface area contributed by atoms with E-state index < -0.39 is 0 Å². The lowest BCUT2D eigenvalue weighted by molar-refractivity contribution is 0.409. The zero-order valence-corrected chi connectivity index (χ0v) is 10.9. The number of fused-ring (bicyclic) bond motifs is 1. The molecule has 100 valence electrons. The Kier molecular flexibility index (Phi) is 2.86. The molecule has 1 aliphatic rings. The molecule has 1 fully saturated rings. The zero-order chi connectivity index (χ0) is 13.5. The molecule has 2 aromatic carbocycles. The summed E-state index contributed by atoms with van der Waals surface area (Å²) >= 11 is 0. The number of phenolic OH excluding ortho intramolecular Hbond substituents is 2. The minimum absolute atomic E-state index is 0.141. The van der Waals surface area contributed by atoms with E-state index in [1.165, 1.54) is 0 Å². The van der Waals surface area contributed by atoms with Gasteiger partial charge in [0.15, 0.2) is 0 Å². The molecule has 1 saturated carbocycles. The predicted molar refractivity (Wildman–Crippen MR) is 76.5 cm³/mol. The lowest BCUT2D eigenvalue weighted by Gasteiger charge is -2.30. The Hall–Kier alpha value is -1.74. The van der Waals surface area contributed by atoms with Gasteiger partial charge in [0.05, 0.1) is 0 Å². The van der Waals surface area contributed by atoms with Crippen LogP contribution < -0.4 is 5.73 Å². The number of hydrogen-bond acceptors (Lipinski definition) is 3. The first kappa shape index (κ1) is 12.3. The second-order valence-electron chi connectivity index (χ2n) is 5.56. The highest BCUT2D eigenvalue weighted by Gasteiger charge is 2.37. The van der Waals surface area contributed by atoms with Crippen LogP contribution in [0.15, 0.2) is 30.3 Å². The maximum absolute atomic E-state index is 10.3. The van der Waals surface area contributed by atoms with Crippen molar-refractivity contribution >= 4 is 10.8 Å². The summed E-state index contributed by atoms with van der Waals surface area (Å²) in [7, 11) is 0. The first-order valence-electron chi connectivity index (χ1n) is 6.81. The second kappa shape index (κ2) is 4.42. The molecule has 0 aromatic heterocycles. The van der Waals surface area contributed by atoms with Gasteiger partial charge < -0.3 is 15.9 Å². The maximum Gasteiger partial charge on any atom is 0.120 e. The maximum atomic E-state index is 10.3. The number of nitrogens with two attached hydrogens (primary N) is 1. The fraction of sp³-hybridized carbons (Fsp3) is 0.375. The molecule has 2 aromatic rings. The van der Waals surface area contributed by atoms with Gasteiger partial charge in [-0.1, -0.05) is 25.0 Å². The van der Waals surface area contributed by atoms with Gasteiger partial charge in [0.1, 0.15) is 11.5 Å². The van der Waals surface area contributed by atoms with Gasteiger partial charge in [0, 0.05) is 17.5 Å². The Morgan fingerprint density at radius 1 is 1.05 bits per heavy atom. The summed E-state index contributed by atoms with van der Waals surface area (Å²) in [5, 5.41) is 22.0. The molecule has 0 heterocycles. The van der Waals surface area contributed by atoms with E-state index >= 15 is 0 Å². The van der Waals surface area contributed by atoms with Crippen molar-refractivity contribution in [2.24, 2.45) is 5.73 Å². The van der Waals surface area contributed by atoms with Crippen molar-refractivity contribution in [3.05, 3.63) is 35.9 Å². The van der Waals surface area contributed by atoms with Gasteiger partial charge in [-0.3, -0.25) is 0 Å². The van der Waals surface area contributed by atoms with Crippen molar-refractivity contribution in [3.8, 4) is 11.5 Å². The van der Waals surface area contributed by atoms with Crippen molar-refractivity contribution in [1.29, 1.82) is 0 Å². The minimum Gasteiger partial charge on any atom is -0.508 e. The van der Waals surface area contributed by atoms with Gasteiger partial charge in [-0.05, 0) is 41.8 Å². The first-order valence-corrected chi connectivity index (χ1v) is 6.81. The van der Waals surface area contributed by atoms with Crippen LogP contribution in [0, 0.1) is 0 Å². The number of benzene rings is 2. The molecule has 3 rings (SSSR count). The Bertz CT molecular complexity index is 610. The van der Waals surface area contributed by atoms with Crippen LogP contribution in [0.25, 0.3) is 10.8 Å². The molecule has 1 aliphatic carbocycles. The highest BCUT2D eigenvalue weighted by atomic mass is 16.3. The molecule has 3 nitrogen and oxygen atoms in total. The Morgan fingerprint density at radius 2 is 1.74 bits per heavy atom. The molecule has 0 amide bonds. The van der Waals surface area contributed by atoms with E-state index in [1.807, 2.05) is 12.1 Å². The van der Waals surface area contributed by atoms with Crippen LogP contribution in [-0.2, 0) is 5.41 Å². The number of rotatable bonds is 2. The number of phenols is 2. The third-order valence-corrected chi connectivity index (χ3v) is 4.46. The van der Waals surface area contributed by atoms with E-state index in [0.29, 0.717) is 12.3 Å². The average molecular weight is 257 g/mol. The largest absolute Gasteiger partial charge is 0.508 e.